The van der Waals surface area contributed by atoms with Gasteiger partial charge in [-0.1, -0.05) is 15.9 Å². The van der Waals surface area contributed by atoms with Crippen LogP contribution in [0, 0.1) is 23.1 Å². The Hall–Kier alpha value is -1.43. The molecule has 4 bridgehead atoms. The number of hydrogen-bond donors (Lipinski definition) is 2. The van der Waals surface area contributed by atoms with Crippen LogP contribution in [0.2, 0.25) is 0 Å². The van der Waals surface area contributed by atoms with Crippen LogP contribution in [0.5, 0.6) is 0 Å². The van der Waals surface area contributed by atoms with Gasteiger partial charge in [-0.2, -0.15) is 0 Å². The number of halogens is 2. The largest absolute Gasteiger partial charge is 0.273 e. The molecule has 4 aliphatic rings. The van der Waals surface area contributed by atoms with E-state index in [2.05, 4.69) is 26.8 Å². The Morgan fingerprint density at radius 2 is 1.72 bits per heavy atom. The lowest BCUT2D eigenvalue weighted by Crippen LogP contribution is -2.54. The standard InChI is InChI=1S/C19H22BrFN2O2/c20-19-8-12-5-13(9-19)7-18(6-12,11-19)10-16(24)22-23-17(25)14-1-3-15(21)4-2-14/h1-4,12-13H,5-11H2,(H,22,24)(H,23,25)/t12-,13+,18?,19?. The number of amides is 2. The lowest BCUT2D eigenvalue weighted by molar-refractivity contribution is -0.128. The van der Waals surface area contributed by atoms with Crippen LogP contribution in [0.15, 0.2) is 24.3 Å². The number of benzene rings is 1. The Morgan fingerprint density at radius 1 is 1.08 bits per heavy atom. The van der Waals surface area contributed by atoms with E-state index in [0.717, 1.165) is 31.1 Å². The number of carbonyl (C=O) groups excluding carboxylic acids is 2. The third-order valence-corrected chi connectivity index (χ3v) is 7.00. The Morgan fingerprint density at radius 3 is 2.32 bits per heavy atom. The zero-order valence-electron chi connectivity index (χ0n) is 14.0. The van der Waals surface area contributed by atoms with Crippen LogP contribution in [-0.2, 0) is 4.79 Å². The minimum Gasteiger partial charge on any atom is -0.273 e. The summed E-state index contributed by atoms with van der Waals surface area (Å²) < 4.78 is 13.1. The number of hydrazine groups is 1. The summed E-state index contributed by atoms with van der Waals surface area (Å²) in [5.74, 6) is 0.472. The van der Waals surface area contributed by atoms with E-state index in [-0.39, 0.29) is 15.6 Å². The predicted molar refractivity (Wildman–Crippen MR) is 95.4 cm³/mol. The first kappa shape index (κ1) is 17.0. The summed E-state index contributed by atoms with van der Waals surface area (Å²) in [7, 11) is 0. The molecule has 0 spiro atoms. The zero-order valence-corrected chi connectivity index (χ0v) is 15.6. The molecule has 2 unspecified atom stereocenters. The average molecular weight is 409 g/mol. The molecule has 5 rings (SSSR count). The molecule has 0 radical (unpaired) electrons. The van der Waals surface area contributed by atoms with E-state index in [9.17, 15) is 14.0 Å². The highest BCUT2D eigenvalue weighted by atomic mass is 79.9. The van der Waals surface area contributed by atoms with Gasteiger partial charge < -0.3 is 0 Å². The Labute approximate surface area is 155 Å². The third-order valence-electron chi connectivity index (χ3n) is 6.07. The van der Waals surface area contributed by atoms with Crippen molar-refractivity contribution in [1.82, 2.24) is 10.9 Å². The Balaban J connectivity index is 1.35. The molecule has 4 aliphatic carbocycles. The summed E-state index contributed by atoms with van der Waals surface area (Å²) in [4.78, 5) is 24.4. The van der Waals surface area contributed by atoms with Gasteiger partial charge in [-0.15, -0.1) is 0 Å². The van der Waals surface area contributed by atoms with E-state index in [0.29, 0.717) is 12.0 Å². The van der Waals surface area contributed by atoms with E-state index < -0.39 is 11.7 Å². The monoisotopic (exact) mass is 408 g/mol. The molecule has 0 saturated heterocycles. The molecule has 0 aliphatic heterocycles. The van der Waals surface area contributed by atoms with Gasteiger partial charge in [0, 0.05) is 16.3 Å². The smallest absolute Gasteiger partial charge is 0.269 e. The molecule has 1 aromatic carbocycles. The molecular weight excluding hydrogens is 387 g/mol. The molecule has 6 heteroatoms. The molecule has 2 N–H and O–H groups in total. The highest BCUT2D eigenvalue weighted by Gasteiger charge is 2.57. The van der Waals surface area contributed by atoms with Gasteiger partial charge in [0.2, 0.25) is 5.91 Å². The number of hydrogen-bond acceptors (Lipinski definition) is 2. The lowest BCUT2D eigenvalue weighted by Gasteiger charge is -2.60. The van der Waals surface area contributed by atoms with Gasteiger partial charge in [-0.25, -0.2) is 4.39 Å². The summed E-state index contributed by atoms with van der Waals surface area (Å²) in [6.07, 6.45) is 7.51. The van der Waals surface area contributed by atoms with Crippen LogP contribution >= 0.6 is 15.9 Å². The maximum Gasteiger partial charge on any atom is 0.269 e. The second kappa shape index (κ2) is 6.08. The molecule has 134 valence electrons. The Bertz CT molecular complexity index is 692. The molecule has 0 heterocycles. The predicted octanol–water partition coefficient (Wildman–Crippen LogP) is 3.71. The van der Waals surface area contributed by atoms with Crippen LogP contribution < -0.4 is 10.9 Å². The van der Waals surface area contributed by atoms with E-state index in [1.807, 2.05) is 0 Å². The molecule has 4 atom stereocenters. The average Bonchev–Trinajstić information content (AvgIpc) is 2.50. The van der Waals surface area contributed by atoms with Crippen LogP contribution in [0.25, 0.3) is 0 Å². The molecular formula is C19H22BrFN2O2. The first-order chi connectivity index (χ1) is 11.8. The van der Waals surface area contributed by atoms with E-state index in [4.69, 9.17) is 0 Å². The van der Waals surface area contributed by atoms with Gasteiger partial charge in [0.05, 0.1) is 0 Å². The van der Waals surface area contributed by atoms with Crippen molar-refractivity contribution >= 4 is 27.7 Å². The number of nitrogens with one attached hydrogen (secondary N) is 2. The van der Waals surface area contributed by atoms with Crippen LogP contribution in [0.1, 0.15) is 55.3 Å². The highest BCUT2D eigenvalue weighted by molar-refractivity contribution is 9.10. The maximum absolute atomic E-state index is 12.9. The van der Waals surface area contributed by atoms with Crippen LogP contribution in [0.4, 0.5) is 4.39 Å². The van der Waals surface area contributed by atoms with Gasteiger partial charge in [0.15, 0.2) is 0 Å². The zero-order chi connectivity index (χ0) is 17.7. The van der Waals surface area contributed by atoms with Crippen molar-refractivity contribution in [3.05, 3.63) is 35.6 Å². The normalized spacial score (nSPS) is 35.4. The summed E-state index contributed by atoms with van der Waals surface area (Å²) >= 11 is 3.95. The molecule has 2 amide bonds. The van der Waals surface area contributed by atoms with Crippen LogP contribution in [-0.4, -0.2) is 16.1 Å². The van der Waals surface area contributed by atoms with Gasteiger partial charge in [-0.05, 0) is 80.0 Å². The molecule has 4 nitrogen and oxygen atoms in total. The summed E-state index contributed by atoms with van der Waals surface area (Å²) in [6, 6.07) is 5.23. The van der Waals surface area contributed by atoms with Gasteiger partial charge in [0.25, 0.3) is 5.91 Å². The maximum atomic E-state index is 12.9. The van der Waals surface area contributed by atoms with Crippen molar-refractivity contribution in [2.75, 3.05) is 0 Å². The second-order valence-electron chi connectivity index (χ2n) is 8.30. The molecule has 4 saturated carbocycles. The van der Waals surface area contributed by atoms with Gasteiger partial charge in [0.1, 0.15) is 5.82 Å². The van der Waals surface area contributed by atoms with E-state index >= 15 is 0 Å². The van der Waals surface area contributed by atoms with E-state index in [1.54, 1.807) is 0 Å². The minimum atomic E-state index is -0.434. The molecule has 25 heavy (non-hydrogen) atoms. The first-order valence-electron chi connectivity index (χ1n) is 8.89. The topological polar surface area (TPSA) is 58.2 Å². The van der Waals surface area contributed by atoms with E-state index in [1.165, 1.54) is 43.5 Å². The van der Waals surface area contributed by atoms with Crippen molar-refractivity contribution in [2.24, 2.45) is 17.3 Å². The van der Waals surface area contributed by atoms with Crippen LogP contribution in [0.3, 0.4) is 0 Å². The summed E-state index contributed by atoms with van der Waals surface area (Å²) in [5, 5.41) is 0. The van der Waals surface area contributed by atoms with Crippen molar-refractivity contribution in [1.29, 1.82) is 0 Å². The van der Waals surface area contributed by atoms with Gasteiger partial charge in [-0.3, -0.25) is 20.4 Å². The fourth-order valence-corrected chi connectivity index (χ4v) is 7.24. The van der Waals surface area contributed by atoms with Crippen molar-refractivity contribution < 1.29 is 14.0 Å². The number of alkyl halides is 1. The number of rotatable bonds is 3. The fourth-order valence-electron chi connectivity index (χ4n) is 5.73. The first-order valence-corrected chi connectivity index (χ1v) is 9.68. The quantitative estimate of drug-likeness (QED) is 0.591. The highest BCUT2D eigenvalue weighted by Crippen LogP contribution is 2.65. The fraction of sp³-hybridized carbons (Fsp3) is 0.579. The van der Waals surface area contributed by atoms with Crippen molar-refractivity contribution in [3.63, 3.8) is 0 Å². The SMILES string of the molecule is O=C(CC12C[C@@H]3C[C@@H](CC(Br)(C3)C1)C2)NNC(=O)c1ccc(F)cc1. The number of carbonyl (C=O) groups is 2. The lowest BCUT2D eigenvalue weighted by atomic mass is 9.48. The van der Waals surface area contributed by atoms with Crippen molar-refractivity contribution in [2.45, 2.75) is 49.3 Å². The molecule has 0 aromatic heterocycles. The molecule has 1 aromatic rings. The summed E-state index contributed by atoms with van der Waals surface area (Å²) in [6.45, 7) is 0. The molecule has 4 fully saturated rings. The summed E-state index contributed by atoms with van der Waals surface area (Å²) in [5.41, 5.74) is 5.36. The van der Waals surface area contributed by atoms with Crippen molar-refractivity contribution in [3.8, 4) is 0 Å². The second-order valence-corrected chi connectivity index (χ2v) is 9.98. The Kier molecular flexibility index (Phi) is 4.13. The minimum absolute atomic E-state index is 0.0677. The third kappa shape index (κ3) is 3.46. The van der Waals surface area contributed by atoms with Gasteiger partial charge >= 0.3 is 0 Å².